The van der Waals surface area contributed by atoms with E-state index in [-0.39, 0.29) is 5.97 Å². The highest BCUT2D eigenvalue weighted by molar-refractivity contribution is 7.99. The quantitative estimate of drug-likeness (QED) is 0.258. The van der Waals surface area contributed by atoms with Gasteiger partial charge in [0.05, 0.1) is 7.11 Å². The monoisotopic (exact) mass is 258 g/mol. The van der Waals surface area contributed by atoms with E-state index in [0.29, 0.717) is 13.1 Å². The van der Waals surface area contributed by atoms with Gasteiger partial charge in [-0.2, -0.15) is 11.8 Å². The van der Waals surface area contributed by atoms with Crippen LogP contribution >= 0.6 is 11.8 Å². The van der Waals surface area contributed by atoms with Gasteiger partial charge in [0.1, 0.15) is 5.54 Å². The molecule has 0 aromatic rings. The summed E-state index contributed by atoms with van der Waals surface area (Å²) in [5, 5.41) is 6.73. The number of nitrogens with one attached hydrogen (secondary N) is 1. The predicted molar refractivity (Wildman–Crippen MR) is 67.9 cm³/mol. The molecule has 17 heavy (non-hydrogen) atoms. The number of thioether (sulfide) groups is 1. The lowest BCUT2D eigenvalue weighted by Gasteiger charge is -2.35. The van der Waals surface area contributed by atoms with Crippen LogP contribution in [-0.2, 0) is 9.53 Å². The van der Waals surface area contributed by atoms with E-state index in [0.717, 1.165) is 30.8 Å². The Labute approximate surface area is 105 Å². The number of methoxy groups -OCH3 is 1. The molecule has 0 saturated carbocycles. The number of azide groups is 1. The van der Waals surface area contributed by atoms with Crippen molar-refractivity contribution in [1.29, 1.82) is 0 Å². The molecule has 0 spiro atoms. The van der Waals surface area contributed by atoms with Crippen LogP contribution in [0.5, 0.6) is 0 Å². The molecule has 1 unspecified atom stereocenters. The highest BCUT2D eigenvalue weighted by Gasteiger charge is 2.40. The van der Waals surface area contributed by atoms with Crippen LogP contribution < -0.4 is 5.32 Å². The number of hydrogen-bond donors (Lipinski definition) is 1. The number of hydrogen-bond acceptors (Lipinski definition) is 5. The van der Waals surface area contributed by atoms with E-state index < -0.39 is 5.54 Å². The first-order chi connectivity index (χ1) is 8.25. The molecule has 0 bridgehead atoms. The van der Waals surface area contributed by atoms with Crippen molar-refractivity contribution in [3.05, 3.63) is 10.4 Å². The van der Waals surface area contributed by atoms with Gasteiger partial charge in [-0.05, 0) is 37.1 Å². The first-order valence-corrected chi connectivity index (χ1v) is 6.83. The number of nitrogens with zero attached hydrogens (tertiary/aromatic N) is 3. The maximum absolute atomic E-state index is 11.8. The number of rotatable bonds is 6. The molecule has 0 amide bonds. The molecule has 1 fully saturated rings. The molecule has 0 aromatic heterocycles. The Balaban J connectivity index is 2.46. The molecule has 1 aliphatic heterocycles. The Morgan fingerprint density at radius 3 is 3.12 bits per heavy atom. The minimum atomic E-state index is -0.548. The van der Waals surface area contributed by atoms with Gasteiger partial charge in [0.25, 0.3) is 0 Å². The fraction of sp³-hybridized carbons (Fsp3) is 0.900. The SMILES string of the molecule is COC(=O)C1(NCCCN=[N+]=[N-])CCCSC1. The standard InChI is InChI=1S/C10H18N4O2S/c1-16-9(15)10(4-2-7-17-8-10)12-5-3-6-13-14-11/h12H,2-8H2,1H3. The molecule has 1 aliphatic rings. The number of ether oxygens (including phenoxy) is 1. The van der Waals surface area contributed by atoms with E-state index in [9.17, 15) is 4.79 Å². The summed E-state index contributed by atoms with van der Waals surface area (Å²) in [6, 6.07) is 0. The number of carbonyl (C=O) groups is 1. The molecular weight excluding hydrogens is 240 g/mol. The van der Waals surface area contributed by atoms with Crippen LogP contribution in [0.3, 0.4) is 0 Å². The van der Waals surface area contributed by atoms with Gasteiger partial charge in [-0.25, -0.2) is 0 Å². The van der Waals surface area contributed by atoms with E-state index in [1.807, 2.05) is 0 Å². The van der Waals surface area contributed by atoms with Gasteiger partial charge in [0.2, 0.25) is 0 Å². The van der Waals surface area contributed by atoms with Crippen LogP contribution in [0.15, 0.2) is 5.11 Å². The zero-order valence-corrected chi connectivity index (χ0v) is 10.8. The molecule has 96 valence electrons. The summed E-state index contributed by atoms with van der Waals surface area (Å²) >= 11 is 1.77. The van der Waals surface area contributed by atoms with Crippen LogP contribution in [0.4, 0.5) is 0 Å². The summed E-state index contributed by atoms with van der Waals surface area (Å²) in [5.74, 6) is 1.66. The van der Waals surface area contributed by atoms with Crippen LogP contribution in [0.25, 0.3) is 10.4 Å². The van der Waals surface area contributed by atoms with E-state index >= 15 is 0 Å². The summed E-state index contributed by atoms with van der Waals surface area (Å²) in [4.78, 5) is 14.5. The largest absolute Gasteiger partial charge is 0.468 e. The molecule has 0 radical (unpaired) electrons. The van der Waals surface area contributed by atoms with Crippen molar-refractivity contribution in [2.24, 2.45) is 5.11 Å². The summed E-state index contributed by atoms with van der Waals surface area (Å²) in [6.45, 7) is 1.11. The van der Waals surface area contributed by atoms with Crippen molar-refractivity contribution < 1.29 is 9.53 Å². The molecule has 1 saturated heterocycles. The van der Waals surface area contributed by atoms with E-state index in [1.165, 1.54) is 7.11 Å². The highest BCUT2D eigenvalue weighted by Crippen LogP contribution is 2.27. The van der Waals surface area contributed by atoms with E-state index in [1.54, 1.807) is 11.8 Å². The second-order valence-corrected chi connectivity index (χ2v) is 5.07. The third kappa shape index (κ3) is 4.11. The van der Waals surface area contributed by atoms with Gasteiger partial charge in [-0.3, -0.25) is 4.79 Å². The molecule has 1 heterocycles. The fourth-order valence-corrected chi connectivity index (χ4v) is 3.09. The lowest BCUT2D eigenvalue weighted by atomic mass is 9.95. The second kappa shape index (κ2) is 7.42. The zero-order chi connectivity index (χ0) is 12.6. The minimum Gasteiger partial charge on any atom is -0.468 e. The lowest BCUT2D eigenvalue weighted by molar-refractivity contribution is -0.148. The molecule has 7 heteroatoms. The normalized spacial score (nSPS) is 23.8. The van der Waals surface area contributed by atoms with E-state index in [4.69, 9.17) is 10.3 Å². The first-order valence-electron chi connectivity index (χ1n) is 5.67. The Morgan fingerprint density at radius 1 is 1.71 bits per heavy atom. The lowest BCUT2D eigenvalue weighted by Crippen LogP contribution is -2.56. The maximum atomic E-state index is 11.8. The maximum Gasteiger partial charge on any atom is 0.326 e. The number of esters is 1. The summed E-state index contributed by atoms with van der Waals surface area (Å²) in [7, 11) is 1.42. The molecule has 1 N–H and O–H groups in total. The van der Waals surface area contributed by atoms with Crippen molar-refractivity contribution >= 4 is 17.7 Å². The van der Waals surface area contributed by atoms with Gasteiger partial charge in [0.15, 0.2) is 0 Å². The van der Waals surface area contributed by atoms with Crippen molar-refractivity contribution in [1.82, 2.24) is 5.32 Å². The van der Waals surface area contributed by atoms with Gasteiger partial charge in [-0.15, -0.1) is 0 Å². The van der Waals surface area contributed by atoms with Gasteiger partial charge in [-0.1, -0.05) is 5.11 Å². The van der Waals surface area contributed by atoms with Gasteiger partial charge >= 0.3 is 5.97 Å². The smallest absolute Gasteiger partial charge is 0.326 e. The number of carbonyl (C=O) groups excluding carboxylic acids is 1. The average molecular weight is 258 g/mol. The Kier molecular flexibility index (Phi) is 6.18. The predicted octanol–water partition coefficient (Wildman–Crippen LogP) is 1.72. The van der Waals surface area contributed by atoms with Crippen LogP contribution in [-0.4, -0.2) is 43.2 Å². The summed E-state index contributed by atoms with van der Waals surface area (Å²) in [5.41, 5.74) is 7.60. The van der Waals surface area contributed by atoms with Crippen molar-refractivity contribution in [3.63, 3.8) is 0 Å². The Bertz CT molecular complexity index is 299. The minimum absolute atomic E-state index is 0.187. The van der Waals surface area contributed by atoms with Gasteiger partial charge in [0, 0.05) is 17.2 Å². The van der Waals surface area contributed by atoms with E-state index in [2.05, 4.69) is 15.3 Å². The van der Waals surface area contributed by atoms with Crippen molar-refractivity contribution in [2.75, 3.05) is 31.7 Å². The van der Waals surface area contributed by atoms with Crippen molar-refractivity contribution in [3.8, 4) is 0 Å². The summed E-state index contributed by atoms with van der Waals surface area (Å²) < 4.78 is 4.87. The van der Waals surface area contributed by atoms with Crippen LogP contribution in [0.2, 0.25) is 0 Å². The zero-order valence-electron chi connectivity index (χ0n) is 10.0. The second-order valence-electron chi connectivity index (χ2n) is 3.96. The molecule has 6 nitrogen and oxygen atoms in total. The molecular formula is C10H18N4O2S. The van der Waals surface area contributed by atoms with Gasteiger partial charge < -0.3 is 10.1 Å². The fourth-order valence-electron chi connectivity index (χ4n) is 1.88. The first kappa shape index (κ1) is 14.2. The average Bonchev–Trinajstić information content (AvgIpc) is 2.38. The Morgan fingerprint density at radius 2 is 2.53 bits per heavy atom. The van der Waals surface area contributed by atoms with Crippen LogP contribution in [0, 0.1) is 0 Å². The molecule has 0 aromatic carbocycles. The topological polar surface area (TPSA) is 87.1 Å². The third-order valence-corrected chi connectivity index (χ3v) is 4.05. The Hall–Kier alpha value is -0.910. The third-order valence-electron chi connectivity index (χ3n) is 2.78. The molecule has 0 aliphatic carbocycles. The summed E-state index contributed by atoms with van der Waals surface area (Å²) in [6.07, 6.45) is 2.56. The van der Waals surface area contributed by atoms with Crippen LogP contribution in [0.1, 0.15) is 19.3 Å². The highest BCUT2D eigenvalue weighted by atomic mass is 32.2. The van der Waals surface area contributed by atoms with Crippen molar-refractivity contribution in [2.45, 2.75) is 24.8 Å². The molecule has 1 atom stereocenters. The molecule has 1 rings (SSSR count).